The molecule has 3 heteroatoms. The lowest BCUT2D eigenvalue weighted by Crippen LogP contribution is -2.50. The molecule has 0 bridgehead atoms. The zero-order valence-electron chi connectivity index (χ0n) is 12.1. The van der Waals surface area contributed by atoms with Gasteiger partial charge in [-0.05, 0) is 37.1 Å². The fraction of sp³-hybridized carbons (Fsp3) is 1.00. The summed E-state index contributed by atoms with van der Waals surface area (Å²) in [6, 6.07) is 0. The van der Waals surface area contributed by atoms with E-state index in [0.29, 0.717) is 5.92 Å². The number of aliphatic hydroxyl groups is 1. The Morgan fingerprint density at radius 1 is 1.28 bits per heavy atom. The van der Waals surface area contributed by atoms with Gasteiger partial charge in [-0.2, -0.15) is 0 Å². The number of hydrogen-bond acceptors (Lipinski definition) is 3. The van der Waals surface area contributed by atoms with Crippen LogP contribution in [0.15, 0.2) is 0 Å². The second-order valence-electron chi connectivity index (χ2n) is 6.32. The minimum atomic E-state index is -0.269. The lowest BCUT2D eigenvalue weighted by molar-refractivity contribution is -0.112. The summed E-state index contributed by atoms with van der Waals surface area (Å²) in [6.07, 6.45) is 3.35. The van der Waals surface area contributed by atoms with Gasteiger partial charge in [0.05, 0.1) is 18.8 Å². The molecule has 1 heterocycles. The summed E-state index contributed by atoms with van der Waals surface area (Å²) >= 11 is 0. The van der Waals surface area contributed by atoms with Crippen molar-refractivity contribution in [2.24, 2.45) is 17.8 Å². The highest BCUT2D eigenvalue weighted by atomic mass is 16.5. The maximum atomic E-state index is 10.6. The van der Waals surface area contributed by atoms with Crippen LogP contribution in [0.2, 0.25) is 0 Å². The summed E-state index contributed by atoms with van der Waals surface area (Å²) in [7, 11) is 0. The molecule has 1 aliphatic carbocycles. The van der Waals surface area contributed by atoms with Gasteiger partial charge in [0.15, 0.2) is 0 Å². The first kappa shape index (κ1) is 14.3. The van der Waals surface area contributed by atoms with Gasteiger partial charge in [0, 0.05) is 13.1 Å². The molecular formula is C15H29NO2. The standard InChI is InChI=1S/C15H29NO2/c1-4-16-7-8-18-14(10-16)15(17)13-6-5-11(2)12(3)9-13/h11-15,17H,4-10H2,1-3H3. The van der Waals surface area contributed by atoms with Gasteiger partial charge in [0.25, 0.3) is 0 Å². The van der Waals surface area contributed by atoms with Crippen LogP contribution in [0.3, 0.4) is 0 Å². The molecule has 0 amide bonds. The summed E-state index contributed by atoms with van der Waals surface area (Å²) in [4.78, 5) is 2.38. The van der Waals surface area contributed by atoms with Crippen LogP contribution in [0.25, 0.3) is 0 Å². The number of nitrogens with zero attached hydrogens (tertiary/aromatic N) is 1. The molecule has 1 saturated heterocycles. The van der Waals surface area contributed by atoms with Crippen LogP contribution in [0.5, 0.6) is 0 Å². The van der Waals surface area contributed by atoms with Gasteiger partial charge in [0.1, 0.15) is 0 Å². The third kappa shape index (κ3) is 3.25. The first-order chi connectivity index (χ1) is 8.61. The van der Waals surface area contributed by atoms with E-state index in [1.54, 1.807) is 0 Å². The van der Waals surface area contributed by atoms with E-state index in [1.807, 2.05) is 0 Å². The zero-order valence-corrected chi connectivity index (χ0v) is 12.1. The average molecular weight is 255 g/mol. The van der Waals surface area contributed by atoms with Crippen LogP contribution in [0.4, 0.5) is 0 Å². The molecule has 1 aliphatic heterocycles. The van der Waals surface area contributed by atoms with Gasteiger partial charge < -0.3 is 9.84 Å². The summed E-state index contributed by atoms with van der Waals surface area (Å²) < 4.78 is 5.80. The molecule has 0 radical (unpaired) electrons. The Morgan fingerprint density at radius 3 is 2.72 bits per heavy atom. The van der Waals surface area contributed by atoms with Gasteiger partial charge in [-0.15, -0.1) is 0 Å². The average Bonchev–Trinajstić information content (AvgIpc) is 2.41. The molecule has 0 aromatic rings. The second-order valence-corrected chi connectivity index (χ2v) is 6.32. The van der Waals surface area contributed by atoms with Crippen molar-refractivity contribution in [2.75, 3.05) is 26.2 Å². The second kappa shape index (κ2) is 6.36. The Balaban J connectivity index is 1.88. The third-order valence-electron chi connectivity index (χ3n) is 5.13. The van der Waals surface area contributed by atoms with Crippen LogP contribution in [-0.2, 0) is 4.74 Å². The maximum Gasteiger partial charge on any atom is 0.0963 e. The van der Waals surface area contributed by atoms with E-state index >= 15 is 0 Å². The molecule has 0 aromatic heterocycles. The number of likely N-dealkylation sites (N-methyl/N-ethyl adjacent to an activating group) is 1. The fourth-order valence-electron chi connectivity index (χ4n) is 3.43. The van der Waals surface area contributed by atoms with Gasteiger partial charge in [-0.25, -0.2) is 0 Å². The Labute approximate surface area is 112 Å². The van der Waals surface area contributed by atoms with Gasteiger partial charge in [0.2, 0.25) is 0 Å². The smallest absolute Gasteiger partial charge is 0.0963 e. The van der Waals surface area contributed by atoms with Crippen molar-refractivity contribution < 1.29 is 9.84 Å². The summed E-state index contributed by atoms with van der Waals surface area (Å²) in [5.74, 6) is 2.00. The number of hydrogen-bond donors (Lipinski definition) is 1. The molecule has 1 N–H and O–H groups in total. The fourth-order valence-corrected chi connectivity index (χ4v) is 3.43. The molecule has 2 fully saturated rings. The normalized spacial score (nSPS) is 40.7. The van der Waals surface area contributed by atoms with Crippen molar-refractivity contribution >= 4 is 0 Å². The molecule has 5 unspecified atom stereocenters. The number of aliphatic hydroxyl groups excluding tert-OH is 1. The summed E-state index contributed by atoms with van der Waals surface area (Å²) in [5.41, 5.74) is 0. The molecule has 3 nitrogen and oxygen atoms in total. The van der Waals surface area contributed by atoms with Crippen LogP contribution >= 0.6 is 0 Å². The summed E-state index contributed by atoms with van der Waals surface area (Å²) in [5, 5.41) is 10.6. The molecule has 106 valence electrons. The Morgan fingerprint density at radius 2 is 2.06 bits per heavy atom. The van der Waals surface area contributed by atoms with E-state index in [9.17, 15) is 5.11 Å². The molecule has 2 rings (SSSR count). The van der Waals surface area contributed by atoms with Crippen LogP contribution in [0, 0.1) is 17.8 Å². The highest BCUT2D eigenvalue weighted by molar-refractivity contribution is 4.86. The van der Waals surface area contributed by atoms with Crippen LogP contribution in [-0.4, -0.2) is 48.5 Å². The van der Waals surface area contributed by atoms with Crippen molar-refractivity contribution in [1.82, 2.24) is 4.90 Å². The first-order valence-electron chi connectivity index (χ1n) is 7.63. The highest BCUT2D eigenvalue weighted by Gasteiger charge is 2.35. The Bertz CT molecular complexity index is 253. The van der Waals surface area contributed by atoms with Crippen molar-refractivity contribution in [2.45, 2.75) is 52.2 Å². The lowest BCUT2D eigenvalue weighted by Gasteiger charge is -2.40. The molecular weight excluding hydrogens is 226 g/mol. The number of ether oxygens (including phenoxy) is 1. The molecule has 1 saturated carbocycles. The highest BCUT2D eigenvalue weighted by Crippen LogP contribution is 2.36. The maximum absolute atomic E-state index is 10.6. The van der Waals surface area contributed by atoms with Crippen molar-refractivity contribution in [3.05, 3.63) is 0 Å². The predicted octanol–water partition coefficient (Wildman–Crippen LogP) is 2.14. The van der Waals surface area contributed by atoms with Gasteiger partial charge in [-0.1, -0.05) is 27.2 Å². The minimum absolute atomic E-state index is 0.0318. The number of rotatable bonds is 3. The molecule has 2 aliphatic rings. The SMILES string of the molecule is CCN1CCOC(C(O)C2CCC(C)C(C)C2)C1. The van der Waals surface area contributed by atoms with E-state index < -0.39 is 0 Å². The van der Waals surface area contributed by atoms with E-state index in [2.05, 4.69) is 25.7 Å². The monoisotopic (exact) mass is 255 g/mol. The molecule has 0 aromatic carbocycles. The predicted molar refractivity (Wildman–Crippen MR) is 73.5 cm³/mol. The first-order valence-corrected chi connectivity index (χ1v) is 7.63. The van der Waals surface area contributed by atoms with E-state index in [1.165, 1.54) is 12.8 Å². The van der Waals surface area contributed by atoms with Crippen LogP contribution in [0.1, 0.15) is 40.0 Å². The quantitative estimate of drug-likeness (QED) is 0.838. The Kier molecular flexibility index (Phi) is 5.05. The Hall–Kier alpha value is -0.120. The lowest BCUT2D eigenvalue weighted by atomic mass is 9.73. The van der Waals surface area contributed by atoms with Crippen molar-refractivity contribution in [3.63, 3.8) is 0 Å². The largest absolute Gasteiger partial charge is 0.390 e. The molecule has 18 heavy (non-hydrogen) atoms. The molecule has 5 atom stereocenters. The van der Waals surface area contributed by atoms with Crippen molar-refractivity contribution in [1.29, 1.82) is 0 Å². The third-order valence-corrected chi connectivity index (χ3v) is 5.13. The van der Waals surface area contributed by atoms with E-state index in [4.69, 9.17) is 4.74 Å². The number of morpholine rings is 1. The molecule has 0 spiro atoms. The topological polar surface area (TPSA) is 32.7 Å². The van der Waals surface area contributed by atoms with Crippen LogP contribution < -0.4 is 0 Å². The van der Waals surface area contributed by atoms with Crippen molar-refractivity contribution in [3.8, 4) is 0 Å². The summed E-state index contributed by atoms with van der Waals surface area (Å²) in [6.45, 7) is 10.6. The zero-order chi connectivity index (χ0) is 13.1. The van der Waals surface area contributed by atoms with E-state index in [-0.39, 0.29) is 12.2 Å². The van der Waals surface area contributed by atoms with Gasteiger partial charge in [-0.3, -0.25) is 4.90 Å². The van der Waals surface area contributed by atoms with Gasteiger partial charge >= 0.3 is 0 Å². The minimum Gasteiger partial charge on any atom is -0.390 e. The van der Waals surface area contributed by atoms with E-state index in [0.717, 1.165) is 44.5 Å².